The number of aromatic nitrogens is 2. The zero-order chi connectivity index (χ0) is 20.6. The minimum atomic E-state index is -0.0308. The Morgan fingerprint density at radius 3 is 2.48 bits per heavy atom. The molecule has 1 aromatic heterocycles. The Bertz CT molecular complexity index is 932. The van der Waals surface area contributed by atoms with Gasteiger partial charge in [0.2, 0.25) is 17.6 Å². The van der Waals surface area contributed by atoms with Gasteiger partial charge in [-0.05, 0) is 37.2 Å². The van der Waals surface area contributed by atoms with E-state index < -0.39 is 0 Å². The van der Waals surface area contributed by atoms with Crippen molar-refractivity contribution in [1.82, 2.24) is 20.4 Å². The molecule has 0 bridgehead atoms. The highest BCUT2D eigenvalue weighted by Gasteiger charge is 2.11. The molecule has 0 atom stereocenters. The summed E-state index contributed by atoms with van der Waals surface area (Å²) in [5.41, 5.74) is 4.53. The third kappa shape index (κ3) is 5.99. The summed E-state index contributed by atoms with van der Waals surface area (Å²) in [4.78, 5) is 18.8. The summed E-state index contributed by atoms with van der Waals surface area (Å²) >= 11 is 0. The molecule has 0 radical (unpaired) electrons. The third-order valence-electron chi connectivity index (χ3n) is 4.74. The number of amides is 1. The van der Waals surface area contributed by atoms with E-state index in [-0.39, 0.29) is 5.91 Å². The Morgan fingerprint density at radius 1 is 1.07 bits per heavy atom. The first-order valence-corrected chi connectivity index (χ1v) is 9.95. The zero-order valence-corrected chi connectivity index (χ0v) is 17.3. The van der Waals surface area contributed by atoms with Crippen LogP contribution in [-0.2, 0) is 30.7 Å². The highest BCUT2D eigenvalue weighted by atomic mass is 16.5. The van der Waals surface area contributed by atoms with Crippen LogP contribution < -0.4 is 5.32 Å². The number of benzene rings is 2. The maximum atomic E-state index is 12.3. The minimum Gasteiger partial charge on any atom is -0.352 e. The fourth-order valence-electron chi connectivity index (χ4n) is 3.09. The van der Waals surface area contributed by atoms with Crippen molar-refractivity contribution < 1.29 is 9.32 Å². The predicted octanol–water partition coefficient (Wildman–Crippen LogP) is 3.61. The Labute approximate surface area is 171 Å². The number of rotatable bonds is 9. The molecule has 0 unspecified atom stereocenters. The van der Waals surface area contributed by atoms with Crippen LogP contribution in [0.2, 0.25) is 0 Å². The average molecular weight is 393 g/mol. The Hall–Kier alpha value is -2.99. The molecule has 0 aliphatic heterocycles. The maximum Gasteiger partial charge on any atom is 0.227 e. The second-order valence-corrected chi connectivity index (χ2v) is 7.35. The fourth-order valence-corrected chi connectivity index (χ4v) is 3.09. The summed E-state index contributed by atoms with van der Waals surface area (Å²) in [5.74, 6) is 1.00. The normalized spacial score (nSPS) is 11.0. The number of aryl methyl sites for hydroxylation is 2. The van der Waals surface area contributed by atoms with Crippen LogP contribution in [0, 0.1) is 0 Å². The Kier molecular flexibility index (Phi) is 7.14. The summed E-state index contributed by atoms with van der Waals surface area (Å²) in [5, 5.41) is 7.02. The van der Waals surface area contributed by atoms with E-state index in [1.807, 2.05) is 44.4 Å². The molecule has 29 heavy (non-hydrogen) atoms. The lowest BCUT2D eigenvalue weighted by Gasteiger charge is -2.14. The van der Waals surface area contributed by atoms with Crippen molar-refractivity contribution in [2.45, 2.75) is 39.3 Å². The molecule has 0 aliphatic carbocycles. The first-order chi connectivity index (χ1) is 14.0. The summed E-state index contributed by atoms with van der Waals surface area (Å²) in [7, 11) is 4.07. The lowest BCUT2D eigenvalue weighted by Crippen LogP contribution is -2.24. The number of hydrogen-bond acceptors (Lipinski definition) is 5. The second-order valence-electron chi connectivity index (χ2n) is 7.35. The molecular weight excluding hydrogens is 364 g/mol. The highest BCUT2D eigenvalue weighted by Crippen LogP contribution is 2.17. The SMILES string of the molecule is CCc1ccc(-c2noc(CCC(=O)NCc3ccccc3CN(C)C)n2)cc1. The number of carbonyl (C=O) groups is 1. The van der Waals surface area contributed by atoms with Crippen molar-refractivity contribution in [3.63, 3.8) is 0 Å². The van der Waals surface area contributed by atoms with E-state index in [9.17, 15) is 4.79 Å². The first-order valence-electron chi connectivity index (χ1n) is 9.95. The fraction of sp³-hybridized carbons (Fsp3) is 0.348. The molecule has 0 spiro atoms. The topological polar surface area (TPSA) is 71.3 Å². The molecule has 0 saturated carbocycles. The monoisotopic (exact) mass is 392 g/mol. The molecular formula is C23H28N4O2. The number of nitrogens with zero attached hydrogens (tertiary/aromatic N) is 3. The van der Waals surface area contributed by atoms with Gasteiger partial charge in [-0.15, -0.1) is 0 Å². The van der Waals surface area contributed by atoms with Crippen LogP contribution in [0.25, 0.3) is 11.4 Å². The lowest BCUT2D eigenvalue weighted by atomic mass is 10.1. The van der Waals surface area contributed by atoms with Crippen LogP contribution in [-0.4, -0.2) is 35.0 Å². The molecule has 6 nitrogen and oxygen atoms in total. The van der Waals surface area contributed by atoms with Gasteiger partial charge in [-0.3, -0.25) is 4.79 Å². The van der Waals surface area contributed by atoms with E-state index in [0.29, 0.717) is 31.1 Å². The van der Waals surface area contributed by atoms with Crippen molar-refractivity contribution in [2.75, 3.05) is 14.1 Å². The highest BCUT2D eigenvalue weighted by molar-refractivity contribution is 5.76. The van der Waals surface area contributed by atoms with Gasteiger partial charge in [-0.25, -0.2) is 0 Å². The molecule has 2 aromatic carbocycles. The number of carbonyl (C=O) groups excluding carboxylic acids is 1. The van der Waals surface area contributed by atoms with Crippen LogP contribution in [0.4, 0.5) is 0 Å². The van der Waals surface area contributed by atoms with Gasteiger partial charge in [0.15, 0.2) is 0 Å². The maximum absolute atomic E-state index is 12.3. The largest absolute Gasteiger partial charge is 0.352 e. The smallest absolute Gasteiger partial charge is 0.227 e. The quantitative estimate of drug-likeness (QED) is 0.602. The summed E-state index contributed by atoms with van der Waals surface area (Å²) in [6.45, 7) is 3.48. The van der Waals surface area contributed by atoms with Crippen molar-refractivity contribution in [3.8, 4) is 11.4 Å². The van der Waals surface area contributed by atoms with Gasteiger partial charge in [-0.1, -0.05) is 60.6 Å². The van der Waals surface area contributed by atoms with Crippen LogP contribution in [0.1, 0.15) is 35.9 Å². The van der Waals surface area contributed by atoms with Gasteiger partial charge in [0.1, 0.15) is 0 Å². The van der Waals surface area contributed by atoms with Crippen LogP contribution >= 0.6 is 0 Å². The zero-order valence-electron chi connectivity index (χ0n) is 17.3. The summed E-state index contributed by atoms with van der Waals surface area (Å²) < 4.78 is 5.31. The molecule has 152 valence electrons. The second kappa shape index (κ2) is 9.98. The average Bonchev–Trinajstić information content (AvgIpc) is 3.20. The molecule has 6 heteroatoms. The van der Waals surface area contributed by atoms with E-state index in [0.717, 1.165) is 24.1 Å². The molecule has 1 N–H and O–H groups in total. The van der Waals surface area contributed by atoms with E-state index >= 15 is 0 Å². The third-order valence-corrected chi connectivity index (χ3v) is 4.74. The van der Waals surface area contributed by atoms with Gasteiger partial charge in [-0.2, -0.15) is 4.98 Å². The molecule has 3 aromatic rings. The molecule has 0 saturated heterocycles. The van der Waals surface area contributed by atoms with Crippen LogP contribution in [0.15, 0.2) is 53.1 Å². The molecule has 0 fully saturated rings. The predicted molar refractivity (Wildman–Crippen MR) is 113 cm³/mol. The number of hydrogen-bond donors (Lipinski definition) is 1. The van der Waals surface area contributed by atoms with Crippen molar-refractivity contribution >= 4 is 5.91 Å². The van der Waals surface area contributed by atoms with Crippen LogP contribution in [0.5, 0.6) is 0 Å². The molecule has 1 amide bonds. The van der Waals surface area contributed by atoms with Gasteiger partial charge in [0, 0.05) is 31.5 Å². The van der Waals surface area contributed by atoms with Gasteiger partial charge >= 0.3 is 0 Å². The molecule has 3 rings (SSSR count). The minimum absolute atomic E-state index is 0.0308. The number of nitrogens with one attached hydrogen (secondary N) is 1. The van der Waals surface area contributed by atoms with E-state index in [1.54, 1.807) is 0 Å². The summed E-state index contributed by atoms with van der Waals surface area (Å²) in [6, 6.07) is 16.3. The Balaban J connectivity index is 1.51. The van der Waals surface area contributed by atoms with Crippen molar-refractivity contribution in [2.24, 2.45) is 0 Å². The van der Waals surface area contributed by atoms with Gasteiger partial charge < -0.3 is 14.7 Å². The van der Waals surface area contributed by atoms with E-state index in [1.165, 1.54) is 11.1 Å². The lowest BCUT2D eigenvalue weighted by molar-refractivity contribution is -0.121. The van der Waals surface area contributed by atoms with E-state index in [4.69, 9.17) is 4.52 Å². The van der Waals surface area contributed by atoms with E-state index in [2.05, 4.69) is 45.5 Å². The first kappa shape index (κ1) is 20.7. The Morgan fingerprint density at radius 2 is 1.79 bits per heavy atom. The van der Waals surface area contributed by atoms with Gasteiger partial charge in [0.05, 0.1) is 0 Å². The van der Waals surface area contributed by atoms with Crippen LogP contribution in [0.3, 0.4) is 0 Å². The summed E-state index contributed by atoms with van der Waals surface area (Å²) in [6.07, 6.45) is 1.73. The molecule has 0 aliphatic rings. The molecule has 1 heterocycles. The van der Waals surface area contributed by atoms with Gasteiger partial charge in [0.25, 0.3) is 0 Å². The van der Waals surface area contributed by atoms with Crippen molar-refractivity contribution in [1.29, 1.82) is 0 Å². The standard InChI is InChI=1S/C23H28N4O2/c1-4-17-9-11-18(12-10-17)23-25-22(29-26-23)14-13-21(28)24-15-19-7-5-6-8-20(19)16-27(2)3/h5-12H,4,13-16H2,1-3H3,(H,24,28). The van der Waals surface area contributed by atoms with Crippen molar-refractivity contribution in [3.05, 3.63) is 71.1 Å².